The molecule has 0 bridgehead atoms. The molecule has 1 heterocycles. The molecule has 1 saturated carbocycles. The number of aromatic amines is 1. The number of methoxy groups -OCH3 is 1. The molecule has 2 aromatic carbocycles. The highest BCUT2D eigenvalue weighted by Gasteiger charge is 2.21. The van der Waals surface area contributed by atoms with Gasteiger partial charge in [0.25, 0.3) is 5.91 Å². The third-order valence-electron chi connectivity index (χ3n) is 5.59. The summed E-state index contributed by atoms with van der Waals surface area (Å²) in [7, 11) is 1.48. The maximum Gasteiger partial charge on any atom is 0.255 e. The molecule has 0 saturated heterocycles. The van der Waals surface area contributed by atoms with Gasteiger partial charge in [-0.1, -0.05) is 31.1 Å². The number of aromatic nitrogens is 2. The van der Waals surface area contributed by atoms with E-state index in [1.54, 1.807) is 36.4 Å². The molecule has 1 aliphatic carbocycles. The summed E-state index contributed by atoms with van der Waals surface area (Å²) in [5.74, 6) is -0.540. The van der Waals surface area contributed by atoms with Crippen LogP contribution in [0.2, 0.25) is 0 Å². The van der Waals surface area contributed by atoms with E-state index in [9.17, 15) is 14.0 Å². The van der Waals surface area contributed by atoms with Crippen LogP contribution in [0.4, 0.5) is 4.39 Å². The zero-order valence-corrected chi connectivity index (χ0v) is 17.8. The lowest BCUT2D eigenvalue weighted by Crippen LogP contribution is -2.41. The molecule has 2 amide bonds. The third kappa shape index (κ3) is 4.80. The second-order valence-corrected chi connectivity index (χ2v) is 7.79. The summed E-state index contributed by atoms with van der Waals surface area (Å²) in [6, 6.07) is 9.67. The Balaban J connectivity index is 1.52. The Morgan fingerprint density at radius 1 is 1.16 bits per heavy atom. The van der Waals surface area contributed by atoms with Crippen LogP contribution in [0.25, 0.3) is 23.1 Å². The minimum atomic E-state index is -0.403. The lowest BCUT2D eigenvalue weighted by atomic mass is 10.1. The molecule has 4 rings (SSSR count). The van der Waals surface area contributed by atoms with Gasteiger partial charge < -0.3 is 15.4 Å². The molecule has 1 aromatic heterocycles. The lowest BCUT2D eigenvalue weighted by Gasteiger charge is -2.13. The van der Waals surface area contributed by atoms with Gasteiger partial charge in [0.2, 0.25) is 5.91 Å². The molecule has 166 valence electrons. The predicted molar refractivity (Wildman–Crippen MR) is 121 cm³/mol. The van der Waals surface area contributed by atoms with E-state index in [1.165, 1.54) is 19.2 Å². The Labute approximate surface area is 185 Å². The lowest BCUT2D eigenvalue weighted by molar-refractivity contribution is -0.120. The van der Waals surface area contributed by atoms with Crippen LogP contribution in [0, 0.1) is 5.82 Å². The van der Waals surface area contributed by atoms with Crippen LogP contribution in [0.1, 0.15) is 47.3 Å². The molecule has 1 aliphatic rings. The number of rotatable bonds is 7. The number of nitrogens with one attached hydrogen (secondary N) is 3. The minimum absolute atomic E-state index is 0.0980. The molecule has 0 radical (unpaired) electrons. The molecule has 3 aromatic rings. The second kappa shape index (κ2) is 9.64. The van der Waals surface area contributed by atoms with Crippen molar-refractivity contribution >= 4 is 34.9 Å². The number of carbonyl (C=O) groups excluding carboxylic acids is 2. The molecular weight excluding hydrogens is 411 g/mol. The van der Waals surface area contributed by atoms with Gasteiger partial charge in [0.1, 0.15) is 11.6 Å². The zero-order chi connectivity index (χ0) is 22.5. The summed E-state index contributed by atoms with van der Waals surface area (Å²) in [6.07, 6.45) is 7.78. The van der Waals surface area contributed by atoms with Crippen molar-refractivity contribution in [3.05, 3.63) is 59.0 Å². The van der Waals surface area contributed by atoms with Crippen molar-refractivity contribution in [2.24, 2.45) is 0 Å². The molecule has 3 N–H and O–H groups in total. The Bertz CT molecular complexity index is 1150. The van der Waals surface area contributed by atoms with E-state index < -0.39 is 5.91 Å². The number of ether oxygens (including phenoxy) is 1. The van der Waals surface area contributed by atoms with Crippen molar-refractivity contribution < 1.29 is 18.7 Å². The number of benzene rings is 2. The fraction of sp³-hybridized carbons (Fsp3) is 0.292. The van der Waals surface area contributed by atoms with Crippen LogP contribution < -0.4 is 15.4 Å². The Kier molecular flexibility index (Phi) is 6.49. The first-order chi connectivity index (χ1) is 15.5. The highest BCUT2D eigenvalue weighted by Crippen LogP contribution is 2.32. The van der Waals surface area contributed by atoms with Crippen molar-refractivity contribution in [3.8, 4) is 5.75 Å². The number of H-pyrrole nitrogens is 1. The SMILES string of the molecule is COc1c(C(=O)NCC(=O)NC2CCCC2)ccc2[nH]nc(C=Cc3ccc(F)cc3)c12. The smallest absolute Gasteiger partial charge is 0.255 e. The van der Waals surface area contributed by atoms with Gasteiger partial charge in [-0.15, -0.1) is 0 Å². The molecule has 8 heteroatoms. The zero-order valence-electron chi connectivity index (χ0n) is 17.8. The van der Waals surface area contributed by atoms with Crippen LogP contribution in [0.5, 0.6) is 5.75 Å². The van der Waals surface area contributed by atoms with Crippen LogP contribution in [0.3, 0.4) is 0 Å². The summed E-state index contributed by atoms with van der Waals surface area (Å²) in [6.45, 7) is -0.0980. The quantitative estimate of drug-likeness (QED) is 0.527. The summed E-state index contributed by atoms with van der Waals surface area (Å²) in [4.78, 5) is 24.9. The first kappa shape index (κ1) is 21.5. The number of amides is 2. The fourth-order valence-electron chi connectivity index (χ4n) is 3.97. The van der Waals surface area contributed by atoms with E-state index >= 15 is 0 Å². The average Bonchev–Trinajstić information content (AvgIpc) is 3.46. The van der Waals surface area contributed by atoms with E-state index in [0.717, 1.165) is 31.2 Å². The Morgan fingerprint density at radius 3 is 2.62 bits per heavy atom. The average molecular weight is 436 g/mol. The third-order valence-corrected chi connectivity index (χ3v) is 5.59. The molecular formula is C24H25FN4O3. The van der Waals surface area contributed by atoms with Gasteiger partial charge in [0.05, 0.1) is 35.8 Å². The predicted octanol–water partition coefficient (Wildman–Crippen LogP) is 3.67. The fourth-order valence-corrected chi connectivity index (χ4v) is 3.97. The van der Waals surface area contributed by atoms with Gasteiger partial charge >= 0.3 is 0 Å². The van der Waals surface area contributed by atoms with Gasteiger partial charge in [0.15, 0.2) is 0 Å². The van der Waals surface area contributed by atoms with E-state index in [2.05, 4.69) is 20.8 Å². The first-order valence-corrected chi connectivity index (χ1v) is 10.6. The van der Waals surface area contributed by atoms with Crippen molar-refractivity contribution in [1.82, 2.24) is 20.8 Å². The molecule has 0 aliphatic heterocycles. The van der Waals surface area contributed by atoms with Crippen molar-refractivity contribution in [2.75, 3.05) is 13.7 Å². The standard InChI is InChI=1S/C24H25FN4O3/c1-32-23-18(24(31)26-14-21(30)27-17-4-2-3-5-17)11-13-20-22(23)19(28-29-20)12-8-15-6-9-16(25)10-7-15/h6-13,17H,2-5,14H2,1H3,(H,26,31)(H,27,30)(H,28,29). The highest BCUT2D eigenvalue weighted by atomic mass is 19.1. The summed E-state index contributed by atoms with van der Waals surface area (Å²) in [5.41, 5.74) is 2.40. The monoisotopic (exact) mass is 436 g/mol. The van der Waals surface area contributed by atoms with Gasteiger partial charge in [-0.2, -0.15) is 5.10 Å². The van der Waals surface area contributed by atoms with Crippen molar-refractivity contribution in [3.63, 3.8) is 0 Å². The van der Waals surface area contributed by atoms with Crippen LogP contribution in [-0.4, -0.2) is 41.7 Å². The Morgan fingerprint density at radius 2 is 1.91 bits per heavy atom. The van der Waals surface area contributed by atoms with E-state index in [4.69, 9.17) is 4.74 Å². The molecule has 1 fully saturated rings. The number of nitrogens with zero attached hydrogens (tertiary/aromatic N) is 1. The number of fused-ring (bicyclic) bond motifs is 1. The Hall–Kier alpha value is -3.68. The largest absolute Gasteiger partial charge is 0.495 e. The van der Waals surface area contributed by atoms with Crippen LogP contribution in [0.15, 0.2) is 36.4 Å². The van der Waals surface area contributed by atoms with Gasteiger partial charge in [-0.25, -0.2) is 4.39 Å². The van der Waals surface area contributed by atoms with Gasteiger partial charge in [-0.05, 0) is 48.7 Å². The topological polar surface area (TPSA) is 96.1 Å². The molecule has 0 atom stereocenters. The summed E-state index contributed by atoms with van der Waals surface area (Å²) in [5, 5.41) is 13.5. The molecule has 32 heavy (non-hydrogen) atoms. The normalized spacial score (nSPS) is 14.2. The van der Waals surface area contributed by atoms with E-state index in [1.807, 2.05) is 0 Å². The van der Waals surface area contributed by atoms with Gasteiger partial charge in [0, 0.05) is 6.04 Å². The van der Waals surface area contributed by atoms with Crippen molar-refractivity contribution in [2.45, 2.75) is 31.7 Å². The minimum Gasteiger partial charge on any atom is -0.495 e. The first-order valence-electron chi connectivity index (χ1n) is 10.6. The number of hydrogen-bond donors (Lipinski definition) is 3. The van der Waals surface area contributed by atoms with Crippen molar-refractivity contribution in [1.29, 1.82) is 0 Å². The van der Waals surface area contributed by atoms with Crippen LogP contribution in [-0.2, 0) is 4.79 Å². The molecule has 7 nitrogen and oxygen atoms in total. The maximum absolute atomic E-state index is 13.1. The number of halogens is 1. The highest BCUT2D eigenvalue weighted by molar-refractivity contribution is 6.06. The summed E-state index contributed by atoms with van der Waals surface area (Å²) >= 11 is 0. The molecule has 0 unspecified atom stereocenters. The second-order valence-electron chi connectivity index (χ2n) is 7.79. The maximum atomic E-state index is 13.1. The van der Waals surface area contributed by atoms with Gasteiger partial charge in [-0.3, -0.25) is 14.7 Å². The summed E-state index contributed by atoms with van der Waals surface area (Å²) < 4.78 is 18.7. The molecule has 0 spiro atoms. The number of carbonyl (C=O) groups is 2. The van der Waals surface area contributed by atoms with Crippen LogP contribution >= 0.6 is 0 Å². The van der Waals surface area contributed by atoms with E-state index in [0.29, 0.717) is 27.9 Å². The van der Waals surface area contributed by atoms with E-state index in [-0.39, 0.29) is 24.3 Å². The number of hydrogen-bond acceptors (Lipinski definition) is 4.